The number of anilines is 1. The highest BCUT2D eigenvalue weighted by molar-refractivity contribution is 5.98. The number of primary amides is 1. The fourth-order valence-corrected chi connectivity index (χ4v) is 0.793. The van der Waals surface area contributed by atoms with Gasteiger partial charge in [0, 0.05) is 6.20 Å². The smallest absolute Gasteiger partial charge is 0.250 e. The van der Waals surface area contributed by atoms with Crippen LogP contribution in [0.4, 0.5) is 5.69 Å². The van der Waals surface area contributed by atoms with Crippen LogP contribution in [0, 0.1) is 6.92 Å². The van der Waals surface area contributed by atoms with Crippen molar-refractivity contribution in [2.24, 2.45) is 5.73 Å². The standard InChI is InChI=1S/C7H9N3O/c1-4-6(8)5(7(9)11)2-3-10-4/h2-3H,8H2,1H3,(H2,9,11). The third-order valence-electron chi connectivity index (χ3n) is 1.45. The Morgan fingerprint density at radius 2 is 2.27 bits per heavy atom. The Morgan fingerprint density at radius 1 is 1.64 bits per heavy atom. The van der Waals surface area contributed by atoms with Crippen molar-refractivity contribution in [2.45, 2.75) is 6.92 Å². The molecule has 0 fully saturated rings. The van der Waals surface area contributed by atoms with Crippen LogP contribution in [0.1, 0.15) is 16.1 Å². The van der Waals surface area contributed by atoms with Crippen LogP contribution in [-0.2, 0) is 0 Å². The van der Waals surface area contributed by atoms with Gasteiger partial charge in [-0.1, -0.05) is 0 Å². The van der Waals surface area contributed by atoms with E-state index in [4.69, 9.17) is 11.5 Å². The normalized spacial score (nSPS) is 9.55. The molecule has 1 aromatic heterocycles. The lowest BCUT2D eigenvalue weighted by atomic mass is 10.2. The van der Waals surface area contributed by atoms with Crippen molar-refractivity contribution < 1.29 is 4.79 Å². The summed E-state index contributed by atoms with van der Waals surface area (Å²) in [5.41, 5.74) is 11.9. The maximum Gasteiger partial charge on any atom is 0.250 e. The van der Waals surface area contributed by atoms with E-state index >= 15 is 0 Å². The lowest BCUT2D eigenvalue weighted by Gasteiger charge is -2.02. The average Bonchev–Trinajstić information content (AvgIpc) is 1.94. The maximum atomic E-state index is 10.7. The minimum absolute atomic E-state index is 0.331. The van der Waals surface area contributed by atoms with Crippen molar-refractivity contribution in [2.75, 3.05) is 5.73 Å². The van der Waals surface area contributed by atoms with Gasteiger partial charge in [-0.05, 0) is 13.0 Å². The number of carbonyl (C=O) groups excluding carboxylic acids is 1. The number of nitrogen functional groups attached to an aromatic ring is 1. The van der Waals surface area contributed by atoms with Crippen molar-refractivity contribution in [3.8, 4) is 0 Å². The zero-order valence-electron chi connectivity index (χ0n) is 6.16. The molecule has 1 amide bonds. The Kier molecular flexibility index (Phi) is 1.76. The van der Waals surface area contributed by atoms with Crippen molar-refractivity contribution in [3.63, 3.8) is 0 Å². The number of pyridine rings is 1. The molecule has 4 nitrogen and oxygen atoms in total. The van der Waals surface area contributed by atoms with E-state index in [1.165, 1.54) is 12.3 Å². The minimum atomic E-state index is -0.520. The number of hydrogen-bond donors (Lipinski definition) is 2. The molecule has 4 N–H and O–H groups in total. The number of nitrogens with zero attached hydrogens (tertiary/aromatic N) is 1. The van der Waals surface area contributed by atoms with E-state index in [-0.39, 0.29) is 0 Å². The molecule has 4 heteroatoms. The highest BCUT2D eigenvalue weighted by Gasteiger charge is 2.06. The molecule has 58 valence electrons. The molecule has 0 bridgehead atoms. The molecule has 0 radical (unpaired) electrons. The molecule has 0 aromatic carbocycles. The number of aromatic nitrogens is 1. The summed E-state index contributed by atoms with van der Waals surface area (Å²) in [4.78, 5) is 14.6. The molecular weight excluding hydrogens is 142 g/mol. The van der Waals surface area contributed by atoms with Crippen LogP contribution in [0.15, 0.2) is 12.3 Å². The van der Waals surface area contributed by atoms with Crippen LogP contribution in [0.2, 0.25) is 0 Å². The molecule has 1 heterocycles. The van der Waals surface area contributed by atoms with Gasteiger partial charge in [-0.25, -0.2) is 0 Å². The van der Waals surface area contributed by atoms with Crippen LogP contribution >= 0.6 is 0 Å². The maximum absolute atomic E-state index is 10.7. The van der Waals surface area contributed by atoms with Gasteiger partial charge < -0.3 is 11.5 Å². The summed E-state index contributed by atoms with van der Waals surface area (Å²) in [6, 6.07) is 1.50. The first-order valence-corrected chi connectivity index (χ1v) is 3.14. The van der Waals surface area contributed by atoms with Crippen LogP contribution in [-0.4, -0.2) is 10.9 Å². The van der Waals surface area contributed by atoms with Crippen molar-refractivity contribution in [1.29, 1.82) is 0 Å². The number of amides is 1. The molecule has 0 unspecified atom stereocenters. The van der Waals surface area contributed by atoms with Gasteiger partial charge in [0.2, 0.25) is 0 Å². The van der Waals surface area contributed by atoms with E-state index in [1.807, 2.05) is 0 Å². The SMILES string of the molecule is Cc1nccc(C(N)=O)c1N. The Balaban J connectivity index is 3.27. The largest absolute Gasteiger partial charge is 0.397 e. The molecule has 0 saturated heterocycles. The second kappa shape index (κ2) is 2.57. The quantitative estimate of drug-likeness (QED) is 0.595. The topological polar surface area (TPSA) is 82.0 Å². The summed E-state index contributed by atoms with van der Waals surface area (Å²) < 4.78 is 0. The zero-order chi connectivity index (χ0) is 8.43. The lowest BCUT2D eigenvalue weighted by Crippen LogP contribution is -2.14. The first-order valence-electron chi connectivity index (χ1n) is 3.14. The summed E-state index contributed by atoms with van der Waals surface area (Å²) in [5.74, 6) is -0.520. The van der Waals surface area contributed by atoms with Gasteiger partial charge in [-0.15, -0.1) is 0 Å². The van der Waals surface area contributed by atoms with E-state index in [0.29, 0.717) is 16.9 Å². The lowest BCUT2D eigenvalue weighted by molar-refractivity contribution is 0.100. The van der Waals surface area contributed by atoms with E-state index in [1.54, 1.807) is 6.92 Å². The average molecular weight is 151 g/mol. The molecule has 0 atom stereocenters. The minimum Gasteiger partial charge on any atom is -0.397 e. The fourth-order valence-electron chi connectivity index (χ4n) is 0.793. The number of aryl methyl sites for hydroxylation is 1. The Hall–Kier alpha value is -1.58. The Morgan fingerprint density at radius 3 is 2.73 bits per heavy atom. The van der Waals surface area contributed by atoms with Gasteiger partial charge >= 0.3 is 0 Å². The van der Waals surface area contributed by atoms with Crippen LogP contribution in [0.5, 0.6) is 0 Å². The van der Waals surface area contributed by atoms with Gasteiger partial charge in [-0.2, -0.15) is 0 Å². The summed E-state index contributed by atoms with van der Waals surface area (Å²) in [5, 5.41) is 0. The van der Waals surface area contributed by atoms with Crippen molar-refractivity contribution in [3.05, 3.63) is 23.5 Å². The Bertz CT molecular complexity index is 296. The van der Waals surface area contributed by atoms with Gasteiger partial charge in [-0.3, -0.25) is 9.78 Å². The van der Waals surface area contributed by atoms with Crippen LogP contribution in [0.3, 0.4) is 0 Å². The van der Waals surface area contributed by atoms with Gasteiger partial charge in [0.25, 0.3) is 5.91 Å². The number of hydrogen-bond acceptors (Lipinski definition) is 3. The monoisotopic (exact) mass is 151 g/mol. The third kappa shape index (κ3) is 1.29. The number of carbonyl (C=O) groups is 1. The van der Waals surface area contributed by atoms with E-state index in [0.717, 1.165) is 0 Å². The van der Waals surface area contributed by atoms with Crippen molar-refractivity contribution >= 4 is 11.6 Å². The molecule has 0 aliphatic carbocycles. The van der Waals surface area contributed by atoms with Crippen molar-refractivity contribution in [1.82, 2.24) is 4.98 Å². The molecule has 1 rings (SSSR count). The molecule has 1 aromatic rings. The third-order valence-corrected chi connectivity index (χ3v) is 1.45. The van der Waals surface area contributed by atoms with E-state index in [9.17, 15) is 4.79 Å². The summed E-state index contributed by atoms with van der Waals surface area (Å²) in [6.07, 6.45) is 1.51. The predicted molar refractivity (Wildman–Crippen MR) is 41.9 cm³/mol. The molecule has 0 aliphatic heterocycles. The first kappa shape index (κ1) is 7.53. The fraction of sp³-hybridized carbons (Fsp3) is 0.143. The summed E-state index contributed by atoms with van der Waals surface area (Å²) in [7, 11) is 0. The van der Waals surface area contributed by atoms with Gasteiger partial charge in [0.05, 0.1) is 16.9 Å². The molecule has 0 spiro atoms. The molecule has 11 heavy (non-hydrogen) atoms. The van der Waals surface area contributed by atoms with Gasteiger partial charge in [0.1, 0.15) is 0 Å². The molecular formula is C7H9N3O. The van der Waals surface area contributed by atoms with Crippen LogP contribution < -0.4 is 11.5 Å². The highest BCUT2D eigenvalue weighted by Crippen LogP contribution is 2.12. The van der Waals surface area contributed by atoms with Gasteiger partial charge in [0.15, 0.2) is 0 Å². The zero-order valence-corrected chi connectivity index (χ0v) is 6.16. The Labute approximate surface area is 64.2 Å². The molecule has 0 saturated carbocycles. The first-order chi connectivity index (χ1) is 5.13. The van der Waals surface area contributed by atoms with E-state index in [2.05, 4.69) is 4.98 Å². The predicted octanol–water partition coefficient (Wildman–Crippen LogP) is 0.0711. The number of nitrogens with two attached hydrogens (primary N) is 2. The number of rotatable bonds is 1. The second-order valence-electron chi connectivity index (χ2n) is 2.22. The highest BCUT2D eigenvalue weighted by atomic mass is 16.1. The summed E-state index contributed by atoms with van der Waals surface area (Å²) in [6.45, 7) is 1.72. The van der Waals surface area contributed by atoms with Crippen LogP contribution in [0.25, 0.3) is 0 Å². The van der Waals surface area contributed by atoms with E-state index < -0.39 is 5.91 Å². The second-order valence-corrected chi connectivity index (χ2v) is 2.22. The molecule has 0 aliphatic rings. The summed E-state index contributed by atoms with van der Waals surface area (Å²) >= 11 is 0.